The van der Waals surface area contributed by atoms with Gasteiger partial charge in [0, 0.05) is 17.8 Å². The van der Waals surface area contributed by atoms with Crippen LogP contribution in [0.2, 0.25) is 0 Å². The van der Waals surface area contributed by atoms with Gasteiger partial charge in [0.15, 0.2) is 5.76 Å². The molecule has 7 nitrogen and oxygen atoms in total. The summed E-state index contributed by atoms with van der Waals surface area (Å²) in [5.41, 5.74) is 3.06. The number of hydrogen-bond acceptors (Lipinski definition) is 5. The monoisotopic (exact) mass is 430 g/mol. The summed E-state index contributed by atoms with van der Waals surface area (Å²) in [6.07, 6.45) is 3.05. The van der Waals surface area contributed by atoms with Gasteiger partial charge in [-0.2, -0.15) is 0 Å². The minimum atomic E-state index is -0.347. The van der Waals surface area contributed by atoms with E-state index in [-0.39, 0.29) is 17.6 Å². The van der Waals surface area contributed by atoms with Gasteiger partial charge < -0.3 is 24.2 Å². The van der Waals surface area contributed by atoms with E-state index in [0.29, 0.717) is 31.0 Å². The fraction of sp³-hybridized carbons (Fsp3) is 0.120. The third-order valence-corrected chi connectivity index (χ3v) is 4.69. The Kier molecular flexibility index (Phi) is 6.79. The number of hydrogen-bond donors (Lipinski definition) is 2. The van der Waals surface area contributed by atoms with Crippen molar-refractivity contribution in [2.24, 2.45) is 0 Å². The maximum atomic E-state index is 12.5. The summed E-state index contributed by atoms with van der Waals surface area (Å²) in [6.45, 7) is 1.25. The Morgan fingerprint density at radius 3 is 2.31 bits per heavy atom. The van der Waals surface area contributed by atoms with Gasteiger partial charge in [0.05, 0.1) is 19.1 Å². The van der Waals surface area contributed by atoms with Crippen LogP contribution >= 0.6 is 0 Å². The van der Waals surface area contributed by atoms with Crippen LogP contribution in [0.4, 0.5) is 5.69 Å². The van der Waals surface area contributed by atoms with E-state index in [9.17, 15) is 9.59 Å². The van der Waals surface area contributed by atoms with Crippen molar-refractivity contribution in [3.05, 3.63) is 114 Å². The molecule has 2 heterocycles. The maximum absolute atomic E-state index is 12.5. The molecular weight excluding hydrogens is 408 g/mol. The van der Waals surface area contributed by atoms with Crippen molar-refractivity contribution in [3.8, 4) is 0 Å². The predicted molar refractivity (Wildman–Crippen MR) is 118 cm³/mol. The molecule has 0 aliphatic heterocycles. The van der Waals surface area contributed by atoms with Crippen molar-refractivity contribution < 1.29 is 23.2 Å². The van der Waals surface area contributed by atoms with E-state index in [1.807, 2.05) is 36.4 Å². The zero-order chi connectivity index (χ0) is 22.2. The van der Waals surface area contributed by atoms with Crippen molar-refractivity contribution in [2.45, 2.75) is 19.8 Å². The summed E-state index contributed by atoms with van der Waals surface area (Å²) >= 11 is 0. The van der Waals surface area contributed by atoms with Crippen LogP contribution in [0, 0.1) is 0 Å². The first-order valence-corrected chi connectivity index (χ1v) is 10.1. The smallest absolute Gasteiger partial charge is 0.291 e. The van der Waals surface area contributed by atoms with Gasteiger partial charge in [0.1, 0.15) is 12.4 Å². The maximum Gasteiger partial charge on any atom is 0.291 e. The molecule has 2 N–H and O–H groups in total. The summed E-state index contributed by atoms with van der Waals surface area (Å²) in [5.74, 6) is 0.453. The highest BCUT2D eigenvalue weighted by atomic mass is 16.5. The highest BCUT2D eigenvalue weighted by molar-refractivity contribution is 6.02. The number of nitrogens with one attached hydrogen (secondary N) is 2. The number of rotatable bonds is 9. The van der Waals surface area contributed by atoms with Crippen LogP contribution in [0.25, 0.3) is 0 Å². The lowest BCUT2D eigenvalue weighted by atomic mass is 10.1. The SMILES string of the molecule is O=C(NCc1cccc(COCc2ccco2)c1)c1ccc(NC(=O)c2ccco2)cc1. The molecule has 0 spiro atoms. The van der Waals surface area contributed by atoms with Gasteiger partial charge in [-0.15, -0.1) is 0 Å². The topological polar surface area (TPSA) is 93.7 Å². The summed E-state index contributed by atoms with van der Waals surface area (Å²) in [6, 6.07) is 21.4. The Hall–Kier alpha value is -4.10. The van der Waals surface area contributed by atoms with E-state index in [1.54, 1.807) is 42.7 Å². The second kappa shape index (κ2) is 10.3. The molecule has 162 valence electrons. The Morgan fingerprint density at radius 1 is 0.781 bits per heavy atom. The average molecular weight is 430 g/mol. The van der Waals surface area contributed by atoms with Crippen LogP contribution in [-0.4, -0.2) is 11.8 Å². The molecule has 0 saturated carbocycles. The number of ether oxygens (including phenoxy) is 1. The molecule has 0 saturated heterocycles. The third-order valence-electron chi connectivity index (χ3n) is 4.69. The number of carbonyl (C=O) groups excluding carboxylic acids is 2. The van der Waals surface area contributed by atoms with E-state index in [0.717, 1.165) is 16.9 Å². The first-order valence-electron chi connectivity index (χ1n) is 10.1. The number of benzene rings is 2. The van der Waals surface area contributed by atoms with Gasteiger partial charge in [-0.05, 0) is 59.7 Å². The summed E-state index contributed by atoms with van der Waals surface area (Å²) in [5, 5.41) is 5.62. The Morgan fingerprint density at radius 2 is 1.56 bits per heavy atom. The first kappa shape index (κ1) is 21.1. The molecule has 0 fully saturated rings. The van der Waals surface area contributed by atoms with E-state index in [1.165, 1.54) is 6.26 Å². The Bertz CT molecular complexity index is 1150. The Balaban J connectivity index is 1.26. The second-order valence-electron chi connectivity index (χ2n) is 7.08. The molecule has 0 atom stereocenters. The Labute approximate surface area is 185 Å². The lowest BCUT2D eigenvalue weighted by molar-refractivity contribution is 0.0928. The van der Waals surface area contributed by atoms with Gasteiger partial charge in [0.25, 0.3) is 11.8 Å². The fourth-order valence-corrected chi connectivity index (χ4v) is 3.08. The van der Waals surface area contributed by atoms with Crippen molar-refractivity contribution in [1.29, 1.82) is 0 Å². The number of furan rings is 2. The van der Waals surface area contributed by atoms with Crippen LogP contribution < -0.4 is 10.6 Å². The molecular formula is C25H22N2O5. The zero-order valence-corrected chi connectivity index (χ0v) is 17.2. The highest BCUT2D eigenvalue weighted by Crippen LogP contribution is 2.13. The van der Waals surface area contributed by atoms with E-state index >= 15 is 0 Å². The predicted octanol–water partition coefficient (Wildman–Crippen LogP) is 4.77. The molecule has 32 heavy (non-hydrogen) atoms. The van der Waals surface area contributed by atoms with E-state index in [4.69, 9.17) is 13.6 Å². The fourth-order valence-electron chi connectivity index (χ4n) is 3.08. The largest absolute Gasteiger partial charge is 0.467 e. The first-order chi connectivity index (χ1) is 15.7. The van der Waals surface area contributed by atoms with Crippen LogP contribution in [0.3, 0.4) is 0 Å². The molecule has 0 bridgehead atoms. The van der Waals surface area contributed by atoms with Gasteiger partial charge in [-0.1, -0.05) is 24.3 Å². The highest BCUT2D eigenvalue weighted by Gasteiger charge is 2.10. The standard InChI is InChI=1S/C25H22N2O5/c28-24(20-8-10-21(11-9-20)27-25(29)23-7-3-13-32-23)26-15-18-4-1-5-19(14-18)16-30-17-22-6-2-12-31-22/h1-14H,15-17H2,(H,26,28)(H,27,29). The van der Waals surface area contributed by atoms with Gasteiger partial charge >= 0.3 is 0 Å². The minimum Gasteiger partial charge on any atom is -0.467 e. The molecule has 0 aliphatic carbocycles. The van der Waals surface area contributed by atoms with E-state index in [2.05, 4.69) is 10.6 Å². The lowest BCUT2D eigenvalue weighted by Gasteiger charge is -2.09. The molecule has 0 aliphatic rings. The van der Waals surface area contributed by atoms with E-state index < -0.39 is 0 Å². The van der Waals surface area contributed by atoms with Crippen LogP contribution in [0.15, 0.2) is 94.2 Å². The summed E-state index contributed by atoms with van der Waals surface area (Å²) in [7, 11) is 0. The van der Waals surface area contributed by atoms with Gasteiger partial charge in [-0.25, -0.2) is 0 Å². The summed E-state index contributed by atoms with van der Waals surface area (Å²) in [4.78, 5) is 24.5. The number of anilines is 1. The quantitative estimate of drug-likeness (QED) is 0.399. The molecule has 7 heteroatoms. The zero-order valence-electron chi connectivity index (χ0n) is 17.2. The molecule has 4 rings (SSSR count). The molecule has 2 aromatic heterocycles. The van der Waals surface area contributed by atoms with Crippen LogP contribution in [-0.2, 0) is 24.5 Å². The minimum absolute atomic E-state index is 0.201. The summed E-state index contributed by atoms with van der Waals surface area (Å²) < 4.78 is 16.0. The van der Waals surface area contributed by atoms with Crippen molar-refractivity contribution >= 4 is 17.5 Å². The normalized spacial score (nSPS) is 10.6. The molecule has 0 radical (unpaired) electrons. The second-order valence-corrected chi connectivity index (χ2v) is 7.08. The number of carbonyl (C=O) groups is 2. The van der Waals surface area contributed by atoms with Gasteiger partial charge in [0.2, 0.25) is 0 Å². The van der Waals surface area contributed by atoms with Crippen molar-refractivity contribution in [2.75, 3.05) is 5.32 Å². The molecule has 2 amide bonds. The van der Waals surface area contributed by atoms with Crippen LogP contribution in [0.5, 0.6) is 0 Å². The van der Waals surface area contributed by atoms with Gasteiger partial charge in [-0.3, -0.25) is 9.59 Å². The number of amides is 2. The molecule has 2 aromatic carbocycles. The lowest BCUT2D eigenvalue weighted by Crippen LogP contribution is -2.22. The van der Waals surface area contributed by atoms with Crippen molar-refractivity contribution in [1.82, 2.24) is 5.32 Å². The molecule has 0 unspecified atom stereocenters. The average Bonchev–Trinajstić information content (AvgIpc) is 3.53. The third kappa shape index (κ3) is 5.74. The van der Waals surface area contributed by atoms with Crippen LogP contribution in [0.1, 0.15) is 37.8 Å². The van der Waals surface area contributed by atoms with Crippen molar-refractivity contribution in [3.63, 3.8) is 0 Å². The molecule has 4 aromatic rings.